The van der Waals surface area contributed by atoms with Crippen molar-refractivity contribution in [1.82, 2.24) is 5.32 Å². The maximum Gasteiger partial charge on any atom is 0.286 e. The summed E-state index contributed by atoms with van der Waals surface area (Å²) in [6, 6.07) is 14.0. The van der Waals surface area contributed by atoms with Crippen LogP contribution in [0.15, 0.2) is 42.5 Å². The van der Waals surface area contributed by atoms with Gasteiger partial charge in [-0.25, -0.2) is 0 Å². The molecule has 2 heterocycles. The molecule has 152 valence electrons. The van der Waals surface area contributed by atoms with Crippen LogP contribution in [0.3, 0.4) is 0 Å². The fraction of sp³-hybridized carbons (Fsp3) is 0.364. The quantitative estimate of drug-likeness (QED) is 0.670. The summed E-state index contributed by atoms with van der Waals surface area (Å²) in [5.74, 6) is 1.50. The van der Waals surface area contributed by atoms with Crippen molar-refractivity contribution in [3.8, 4) is 11.5 Å². The molecule has 2 aromatic rings. The summed E-state index contributed by atoms with van der Waals surface area (Å²) < 4.78 is 11.2. The van der Waals surface area contributed by atoms with E-state index < -0.39 is 0 Å². The maximum absolute atomic E-state index is 11.7. The topological polar surface area (TPSA) is 67.9 Å². The van der Waals surface area contributed by atoms with Crippen molar-refractivity contribution in [1.29, 1.82) is 0 Å². The number of fused-ring (bicyclic) bond motifs is 1. The van der Waals surface area contributed by atoms with Crippen molar-refractivity contribution in [3.05, 3.63) is 53.6 Å². The van der Waals surface area contributed by atoms with Crippen molar-refractivity contribution in [2.24, 2.45) is 0 Å². The Morgan fingerprint density at radius 2 is 1.93 bits per heavy atom. The third kappa shape index (κ3) is 4.67. The zero-order chi connectivity index (χ0) is 20.2. The second-order valence-electron chi connectivity index (χ2n) is 7.16. The predicted molar refractivity (Wildman–Crippen MR) is 114 cm³/mol. The van der Waals surface area contributed by atoms with E-state index in [1.807, 2.05) is 30.3 Å². The lowest BCUT2D eigenvalue weighted by Crippen LogP contribution is -2.25. The SMILES string of the molecule is COc1ccc2c(c1)N(CCCOc1ccc(CC3SC(=O)NC3=O)cc1)CC2. The molecule has 0 aliphatic carbocycles. The molecular formula is C22H24N2O4S. The van der Waals surface area contributed by atoms with Crippen LogP contribution < -0.4 is 19.7 Å². The Kier molecular flexibility index (Phi) is 5.94. The molecule has 2 aromatic carbocycles. The van der Waals surface area contributed by atoms with Gasteiger partial charge in [0.05, 0.1) is 19.0 Å². The van der Waals surface area contributed by atoms with E-state index in [-0.39, 0.29) is 16.4 Å². The Labute approximate surface area is 174 Å². The molecule has 6 nitrogen and oxygen atoms in total. The summed E-state index contributed by atoms with van der Waals surface area (Å²) in [4.78, 5) is 25.3. The fourth-order valence-corrected chi connectivity index (χ4v) is 4.55. The zero-order valence-corrected chi connectivity index (χ0v) is 17.2. The number of carbonyl (C=O) groups excluding carboxylic acids is 2. The number of methoxy groups -OCH3 is 1. The van der Waals surface area contributed by atoms with E-state index in [4.69, 9.17) is 9.47 Å². The minimum Gasteiger partial charge on any atom is -0.497 e. The minimum absolute atomic E-state index is 0.207. The first-order chi connectivity index (χ1) is 14.1. The smallest absolute Gasteiger partial charge is 0.286 e. The lowest BCUT2D eigenvalue weighted by Gasteiger charge is -2.20. The Morgan fingerprint density at radius 3 is 2.66 bits per heavy atom. The third-order valence-corrected chi connectivity index (χ3v) is 6.22. The van der Waals surface area contributed by atoms with Crippen LogP contribution in [0.25, 0.3) is 0 Å². The Balaban J connectivity index is 1.23. The number of benzene rings is 2. The highest BCUT2D eigenvalue weighted by molar-refractivity contribution is 8.15. The van der Waals surface area contributed by atoms with Crippen molar-refractivity contribution in [2.75, 3.05) is 31.7 Å². The standard InChI is InChI=1S/C22H24N2O4S/c1-27-18-8-5-16-9-11-24(19(16)14-18)10-2-12-28-17-6-3-15(4-7-17)13-20-21(25)23-22(26)29-20/h3-8,14,20H,2,9-13H2,1H3,(H,23,25,26). The average molecular weight is 413 g/mol. The number of rotatable bonds is 8. The monoisotopic (exact) mass is 412 g/mol. The van der Waals surface area contributed by atoms with Crippen molar-refractivity contribution >= 4 is 28.6 Å². The normalized spacial score (nSPS) is 18.0. The molecule has 2 aliphatic rings. The van der Waals surface area contributed by atoms with Gasteiger partial charge < -0.3 is 14.4 Å². The highest BCUT2D eigenvalue weighted by Gasteiger charge is 2.31. The van der Waals surface area contributed by atoms with Crippen LogP contribution in [-0.4, -0.2) is 43.2 Å². The van der Waals surface area contributed by atoms with Gasteiger partial charge in [0.15, 0.2) is 0 Å². The molecule has 29 heavy (non-hydrogen) atoms. The van der Waals surface area contributed by atoms with Crippen molar-refractivity contribution in [3.63, 3.8) is 0 Å². The van der Waals surface area contributed by atoms with E-state index in [2.05, 4.69) is 22.3 Å². The molecule has 0 spiro atoms. The number of ether oxygens (including phenoxy) is 2. The van der Waals surface area contributed by atoms with E-state index in [1.165, 1.54) is 11.3 Å². The summed E-state index contributed by atoms with van der Waals surface area (Å²) >= 11 is 1.06. The van der Waals surface area contributed by atoms with Gasteiger partial charge in [0.2, 0.25) is 5.91 Å². The Morgan fingerprint density at radius 1 is 1.14 bits per heavy atom. The number of amides is 2. The van der Waals surface area contributed by atoms with Crippen LogP contribution in [0.1, 0.15) is 17.5 Å². The molecule has 1 unspecified atom stereocenters. The van der Waals surface area contributed by atoms with Crippen LogP contribution in [0.4, 0.5) is 10.5 Å². The number of anilines is 1. The van der Waals surface area contributed by atoms with Gasteiger partial charge in [-0.1, -0.05) is 30.0 Å². The van der Waals surface area contributed by atoms with Gasteiger partial charge in [-0.3, -0.25) is 14.9 Å². The molecule has 1 N–H and O–H groups in total. The molecule has 2 aliphatic heterocycles. The van der Waals surface area contributed by atoms with Crippen LogP contribution >= 0.6 is 11.8 Å². The summed E-state index contributed by atoms with van der Waals surface area (Å²) in [7, 11) is 1.70. The van der Waals surface area contributed by atoms with Gasteiger partial charge in [-0.2, -0.15) is 0 Å². The number of nitrogens with zero attached hydrogens (tertiary/aromatic N) is 1. The molecule has 7 heteroatoms. The molecule has 4 rings (SSSR count). The molecular weight excluding hydrogens is 388 g/mol. The second kappa shape index (κ2) is 8.78. The lowest BCUT2D eigenvalue weighted by molar-refractivity contribution is -0.118. The van der Waals surface area contributed by atoms with Gasteiger partial charge in [0, 0.05) is 24.8 Å². The van der Waals surface area contributed by atoms with Gasteiger partial charge in [-0.15, -0.1) is 0 Å². The first-order valence-corrected chi connectivity index (χ1v) is 10.7. The van der Waals surface area contributed by atoms with Crippen molar-refractivity contribution < 1.29 is 19.1 Å². The summed E-state index contributed by atoms with van der Waals surface area (Å²) in [5.41, 5.74) is 3.65. The second-order valence-corrected chi connectivity index (χ2v) is 8.34. The van der Waals surface area contributed by atoms with E-state index >= 15 is 0 Å². The third-order valence-electron chi connectivity index (χ3n) is 5.24. The minimum atomic E-state index is -0.337. The summed E-state index contributed by atoms with van der Waals surface area (Å²) in [5, 5.41) is 1.72. The van der Waals surface area contributed by atoms with Gasteiger partial charge >= 0.3 is 0 Å². The number of thioether (sulfide) groups is 1. The molecule has 0 saturated carbocycles. The average Bonchev–Trinajstić information content (AvgIpc) is 3.28. The first kappa shape index (κ1) is 19.6. The number of imide groups is 1. The Bertz CT molecular complexity index is 900. The highest BCUT2D eigenvalue weighted by Crippen LogP contribution is 2.31. The molecule has 1 atom stereocenters. The molecule has 0 radical (unpaired) electrons. The van der Waals surface area contributed by atoms with Gasteiger partial charge in [-0.05, 0) is 48.6 Å². The zero-order valence-electron chi connectivity index (χ0n) is 16.3. The summed E-state index contributed by atoms with van der Waals surface area (Å²) in [6.07, 6.45) is 2.55. The fourth-order valence-electron chi connectivity index (χ4n) is 3.69. The highest BCUT2D eigenvalue weighted by atomic mass is 32.2. The van der Waals surface area contributed by atoms with E-state index in [0.717, 1.165) is 54.8 Å². The number of nitrogens with one attached hydrogen (secondary N) is 1. The molecule has 1 saturated heterocycles. The number of hydrogen-bond donors (Lipinski definition) is 1. The van der Waals surface area contributed by atoms with E-state index in [0.29, 0.717) is 13.0 Å². The van der Waals surface area contributed by atoms with Gasteiger partial charge in [0.1, 0.15) is 11.5 Å². The molecule has 2 amide bonds. The van der Waals surface area contributed by atoms with Crippen LogP contribution in [0, 0.1) is 0 Å². The molecule has 0 bridgehead atoms. The van der Waals surface area contributed by atoms with E-state index in [1.54, 1.807) is 7.11 Å². The number of hydrogen-bond acceptors (Lipinski definition) is 6. The van der Waals surface area contributed by atoms with Crippen LogP contribution in [0.5, 0.6) is 11.5 Å². The van der Waals surface area contributed by atoms with E-state index in [9.17, 15) is 9.59 Å². The maximum atomic E-state index is 11.7. The summed E-state index contributed by atoms with van der Waals surface area (Å²) in [6.45, 7) is 2.62. The lowest BCUT2D eigenvalue weighted by atomic mass is 10.1. The van der Waals surface area contributed by atoms with Crippen molar-refractivity contribution in [2.45, 2.75) is 24.5 Å². The largest absolute Gasteiger partial charge is 0.497 e. The van der Waals surface area contributed by atoms with Gasteiger partial charge in [0.25, 0.3) is 5.24 Å². The predicted octanol–water partition coefficient (Wildman–Crippen LogP) is 3.42. The molecule has 1 fully saturated rings. The number of carbonyl (C=O) groups is 2. The van der Waals surface area contributed by atoms with Crippen LogP contribution in [0.2, 0.25) is 0 Å². The van der Waals surface area contributed by atoms with Crippen LogP contribution in [-0.2, 0) is 17.6 Å². The molecule has 0 aromatic heterocycles. The Hall–Kier alpha value is -2.67. The first-order valence-electron chi connectivity index (χ1n) is 9.77.